The summed E-state index contributed by atoms with van der Waals surface area (Å²) in [6, 6.07) is 15.5. The summed E-state index contributed by atoms with van der Waals surface area (Å²) in [6.07, 6.45) is 1.70. The molecule has 0 spiro atoms. The molecule has 0 atom stereocenters. The molecular weight excluding hydrogens is 388 g/mol. The Kier molecular flexibility index (Phi) is 6.34. The Bertz CT molecular complexity index is 1080. The van der Waals surface area contributed by atoms with Crippen LogP contribution in [-0.2, 0) is 5.41 Å². The van der Waals surface area contributed by atoms with Crippen molar-refractivity contribution in [3.63, 3.8) is 0 Å². The second kappa shape index (κ2) is 8.80. The van der Waals surface area contributed by atoms with Crippen LogP contribution in [0.2, 0.25) is 0 Å². The third-order valence-corrected chi connectivity index (χ3v) is 5.32. The summed E-state index contributed by atoms with van der Waals surface area (Å²) in [6.45, 7) is 8.38. The van der Waals surface area contributed by atoms with Gasteiger partial charge in [-0.25, -0.2) is 4.98 Å². The lowest BCUT2D eigenvalue weighted by molar-refractivity contribution is 0.0992. The minimum Gasteiger partial charge on any atom is -0.494 e. The topological polar surface area (TPSA) is 51.7 Å². The highest BCUT2D eigenvalue weighted by molar-refractivity contribution is 6.07. The summed E-state index contributed by atoms with van der Waals surface area (Å²) in [7, 11) is 5.02. The van der Waals surface area contributed by atoms with Gasteiger partial charge in [-0.15, -0.1) is 0 Å². The van der Waals surface area contributed by atoms with Gasteiger partial charge in [-0.1, -0.05) is 38.5 Å². The zero-order valence-corrected chi connectivity index (χ0v) is 19.3. The number of benzene rings is 2. The molecule has 3 aromatic rings. The first-order chi connectivity index (χ1) is 14.7. The minimum atomic E-state index is -0.209. The summed E-state index contributed by atoms with van der Waals surface area (Å²) in [5.41, 5.74) is 4.98. The maximum absolute atomic E-state index is 13.3. The van der Waals surface area contributed by atoms with E-state index in [0.717, 1.165) is 22.3 Å². The van der Waals surface area contributed by atoms with E-state index in [-0.39, 0.29) is 11.3 Å². The maximum atomic E-state index is 13.3. The Balaban J connectivity index is 2.22. The van der Waals surface area contributed by atoms with E-state index in [9.17, 15) is 4.79 Å². The number of amides is 1. The molecule has 162 valence electrons. The molecule has 3 rings (SSSR count). The van der Waals surface area contributed by atoms with Crippen molar-refractivity contribution in [3.8, 4) is 22.8 Å². The quantitative estimate of drug-likeness (QED) is 0.537. The molecule has 0 saturated carbocycles. The van der Waals surface area contributed by atoms with Gasteiger partial charge < -0.3 is 14.4 Å². The molecule has 0 aliphatic heterocycles. The third-order valence-electron chi connectivity index (χ3n) is 5.32. The molecule has 0 saturated heterocycles. The fourth-order valence-corrected chi connectivity index (χ4v) is 3.56. The van der Waals surface area contributed by atoms with Crippen LogP contribution in [0.3, 0.4) is 0 Å². The van der Waals surface area contributed by atoms with Crippen LogP contribution < -0.4 is 14.4 Å². The Hall–Kier alpha value is -3.34. The van der Waals surface area contributed by atoms with Crippen molar-refractivity contribution in [2.75, 3.05) is 26.2 Å². The van der Waals surface area contributed by atoms with Crippen molar-refractivity contribution in [1.82, 2.24) is 4.98 Å². The first-order valence-electron chi connectivity index (χ1n) is 10.2. The fraction of sp³-hybridized carbons (Fsp3) is 0.308. The molecule has 0 aliphatic rings. The highest BCUT2D eigenvalue weighted by Gasteiger charge is 2.27. The lowest BCUT2D eigenvalue weighted by atomic mass is 9.84. The number of aromatic nitrogens is 1. The van der Waals surface area contributed by atoms with Crippen LogP contribution in [0.15, 0.2) is 54.7 Å². The van der Waals surface area contributed by atoms with Crippen molar-refractivity contribution in [2.45, 2.75) is 33.1 Å². The molecule has 5 heteroatoms. The second-order valence-corrected chi connectivity index (χ2v) is 8.62. The molecule has 1 aromatic heterocycles. The molecule has 0 fully saturated rings. The first-order valence-corrected chi connectivity index (χ1v) is 10.2. The van der Waals surface area contributed by atoms with Gasteiger partial charge in [0.2, 0.25) is 5.88 Å². The molecule has 0 unspecified atom stereocenters. The van der Waals surface area contributed by atoms with Gasteiger partial charge in [0.1, 0.15) is 5.75 Å². The number of anilines is 1. The number of hydrogen-bond donors (Lipinski definition) is 0. The van der Waals surface area contributed by atoms with Crippen molar-refractivity contribution in [1.29, 1.82) is 0 Å². The first kappa shape index (κ1) is 22.3. The van der Waals surface area contributed by atoms with Crippen LogP contribution in [0.4, 0.5) is 5.69 Å². The monoisotopic (exact) mass is 418 g/mol. The lowest BCUT2D eigenvalue weighted by Gasteiger charge is -2.28. The number of carbonyl (C=O) groups is 1. The lowest BCUT2D eigenvalue weighted by Crippen LogP contribution is -2.27. The number of pyridine rings is 1. The number of ether oxygens (including phenoxy) is 2. The number of carbonyl (C=O) groups excluding carboxylic acids is 1. The van der Waals surface area contributed by atoms with E-state index >= 15 is 0 Å². The average Bonchev–Trinajstić information content (AvgIpc) is 2.77. The molecule has 31 heavy (non-hydrogen) atoms. The smallest absolute Gasteiger partial charge is 0.258 e. The predicted molar refractivity (Wildman–Crippen MR) is 125 cm³/mol. The van der Waals surface area contributed by atoms with E-state index in [4.69, 9.17) is 9.47 Å². The van der Waals surface area contributed by atoms with Crippen LogP contribution >= 0.6 is 0 Å². The van der Waals surface area contributed by atoms with Gasteiger partial charge in [-0.05, 0) is 54.3 Å². The van der Waals surface area contributed by atoms with Crippen LogP contribution in [0.1, 0.15) is 42.3 Å². The van der Waals surface area contributed by atoms with Crippen LogP contribution in [-0.4, -0.2) is 32.2 Å². The van der Waals surface area contributed by atoms with E-state index in [0.29, 0.717) is 22.9 Å². The Morgan fingerprint density at radius 3 is 2.26 bits per heavy atom. The highest BCUT2D eigenvalue weighted by atomic mass is 16.5. The van der Waals surface area contributed by atoms with Crippen molar-refractivity contribution < 1.29 is 14.3 Å². The molecule has 5 nitrogen and oxygen atoms in total. The van der Waals surface area contributed by atoms with Crippen LogP contribution in [0.25, 0.3) is 11.1 Å². The molecule has 1 amide bonds. The highest BCUT2D eigenvalue weighted by Crippen LogP contribution is 2.43. The Morgan fingerprint density at radius 2 is 1.68 bits per heavy atom. The summed E-state index contributed by atoms with van der Waals surface area (Å²) in [4.78, 5) is 19.3. The Labute approximate surface area is 184 Å². The van der Waals surface area contributed by atoms with Gasteiger partial charge in [0.25, 0.3) is 5.91 Å². The number of aryl methyl sites for hydroxylation is 1. The molecule has 0 bridgehead atoms. The molecule has 2 aromatic carbocycles. The third kappa shape index (κ3) is 4.55. The molecule has 1 heterocycles. The minimum absolute atomic E-state index is 0.103. The Morgan fingerprint density at radius 1 is 1.00 bits per heavy atom. The predicted octanol–water partition coefficient (Wildman–Crippen LogP) is 5.65. The molecule has 0 N–H and O–H groups in total. The molecule has 0 radical (unpaired) electrons. The van der Waals surface area contributed by atoms with Crippen molar-refractivity contribution >= 4 is 11.6 Å². The van der Waals surface area contributed by atoms with E-state index < -0.39 is 0 Å². The number of rotatable bonds is 5. The van der Waals surface area contributed by atoms with Gasteiger partial charge in [-0.2, -0.15) is 0 Å². The number of methoxy groups -OCH3 is 2. The van der Waals surface area contributed by atoms with Crippen LogP contribution in [0.5, 0.6) is 11.6 Å². The maximum Gasteiger partial charge on any atom is 0.258 e. The van der Waals surface area contributed by atoms with Gasteiger partial charge in [0, 0.05) is 29.9 Å². The van der Waals surface area contributed by atoms with Gasteiger partial charge in [-0.3, -0.25) is 4.79 Å². The van der Waals surface area contributed by atoms with Crippen molar-refractivity contribution in [3.05, 3.63) is 71.4 Å². The molecular formula is C26H30N2O3. The second-order valence-electron chi connectivity index (χ2n) is 8.62. The SMILES string of the molecule is COc1ncccc1-c1cc(N(C)C(=O)c2ccc(C)cc2)c(OC)c(C(C)(C)C)c1. The molecule has 0 aliphatic carbocycles. The van der Waals surface area contributed by atoms with E-state index in [1.54, 1.807) is 32.4 Å². The van der Waals surface area contributed by atoms with Gasteiger partial charge >= 0.3 is 0 Å². The summed E-state index contributed by atoms with van der Waals surface area (Å²) in [5, 5.41) is 0. The van der Waals surface area contributed by atoms with E-state index in [2.05, 4.69) is 31.8 Å². The standard InChI is InChI=1S/C26H30N2O3/c1-17-10-12-18(13-11-17)25(29)28(5)22-16-19(20-9-8-14-27-24(20)31-7)15-21(23(22)30-6)26(2,3)4/h8-16H,1-7H3. The number of nitrogens with zero attached hydrogens (tertiary/aromatic N) is 2. The average molecular weight is 419 g/mol. The largest absolute Gasteiger partial charge is 0.494 e. The number of hydrogen-bond acceptors (Lipinski definition) is 4. The van der Waals surface area contributed by atoms with E-state index in [1.807, 2.05) is 49.4 Å². The van der Waals surface area contributed by atoms with Gasteiger partial charge in [0.05, 0.1) is 19.9 Å². The normalized spacial score (nSPS) is 11.2. The fourth-order valence-electron chi connectivity index (χ4n) is 3.56. The summed E-state index contributed by atoms with van der Waals surface area (Å²) >= 11 is 0. The van der Waals surface area contributed by atoms with Gasteiger partial charge in [0.15, 0.2) is 0 Å². The zero-order valence-electron chi connectivity index (χ0n) is 19.3. The zero-order chi connectivity index (χ0) is 22.8. The van der Waals surface area contributed by atoms with E-state index in [1.165, 1.54) is 0 Å². The summed E-state index contributed by atoms with van der Waals surface area (Å²) in [5.74, 6) is 1.11. The van der Waals surface area contributed by atoms with Crippen molar-refractivity contribution in [2.24, 2.45) is 0 Å². The van der Waals surface area contributed by atoms with Crippen LogP contribution in [0, 0.1) is 6.92 Å². The summed E-state index contributed by atoms with van der Waals surface area (Å²) < 4.78 is 11.3.